The molecule has 2 rings (SSSR count). The number of rotatable bonds is 4. The molecule has 7 heteroatoms. The highest BCUT2D eigenvalue weighted by molar-refractivity contribution is 5.85. The number of nitrogens with two attached hydrogens (primary N) is 1. The number of methoxy groups -OCH3 is 1. The van der Waals surface area contributed by atoms with E-state index in [1.54, 1.807) is 7.11 Å². The summed E-state index contributed by atoms with van der Waals surface area (Å²) in [5.41, 5.74) is 7.15. The minimum atomic E-state index is -0.445. The van der Waals surface area contributed by atoms with Gasteiger partial charge in [0.25, 0.3) is 0 Å². The maximum absolute atomic E-state index is 12.5. The molecule has 0 aliphatic carbocycles. The van der Waals surface area contributed by atoms with E-state index in [2.05, 4.69) is 24.0 Å². The van der Waals surface area contributed by atoms with Crippen LogP contribution >= 0.6 is 24.8 Å². The van der Waals surface area contributed by atoms with Gasteiger partial charge in [0, 0.05) is 32.2 Å². The highest BCUT2D eigenvalue weighted by Gasteiger charge is 2.33. The number of carbonyl (C=O) groups is 1. The molecule has 1 fully saturated rings. The number of carbonyl (C=O) groups excluding carboxylic acids is 1. The Morgan fingerprint density at radius 1 is 1.15 bits per heavy atom. The first-order valence-corrected chi connectivity index (χ1v) is 8.66. The molecule has 1 aromatic rings. The summed E-state index contributed by atoms with van der Waals surface area (Å²) in [7, 11) is 1.69. The molecule has 2 N–H and O–H groups in total. The third kappa shape index (κ3) is 6.02. The first kappa shape index (κ1) is 25.0. The van der Waals surface area contributed by atoms with Crippen molar-refractivity contribution in [3.8, 4) is 5.75 Å². The number of hydrogen-bond acceptors (Lipinski definition) is 4. The lowest BCUT2D eigenvalue weighted by atomic mass is 9.86. The monoisotopic (exact) mass is 405 g/mol. The van der Waals surface area contributed by atoms with Crippen molar-refractivity contribution in [2.45, 2.75) is 39.8 Å². The summed E-state index contributed by atoms with van der Waals surface area (Å²) in [5, 5.41) is 0. The van der Waals surface area contributed by atoms with Crippen molar-refractivity contribution in [1.29, 1.82) is 0 Å². The molecule has 1 aliphatic heterocycles. The highest BCUT2D eigenvalue weighted by atomic mass is 35.5. The molecule has 1 unspecified atom stereocenters. The second kappa shape index (κ2) is 10.4. The van der Waals surface area contributed by atoms with Crippen molar-refractivity contribution in [2.75, 3.05) is 33.3 Å². The zero-order valence-electron chi connectivity index (χ0n) is 16.4. The first-order valence-electron chi connectivity index (χ1n) is 8.66. The standard InChI is InChI=1S/C19H31N3O2.2ClH/c1-14(15-7-6-8-16(13-15)24-5)21-9-11-22(12-10-21)18(23)17(20)19(2,3)4;;/h6-8,13-14,17H,9-12,20H2,1-5H3;2*1H/t14?,17-;;/m1../s1. The van der Waals surface area contributed by atoms with Crippen LogP contribution in [0.2, 0.25) is 0 Å². The molecule has 0 saturated carbocycles. The third-order valence-electron chi connectivity index (χ3n) is 4.95. The van der Waals surface area contributed by atoms with Gasteiger partial charge >= 0.3 is 0 Å². The van der Waals surface area contributed by atoms with E-state index in [4.69, 9.17) is 10.5 Å². The number of halogens is 2. The average Bonchev–Trinajstić information content (AvgIpc) is 2.59. The van der Waals surface area contributed by atoms with Crippen LogP contribution in [0.3, 0.4) is 0 Å². The number of piperazine rings is 1. The van der Waals surface area contributed by atoms with Crippen LogP contribution in [-0.2, 0) is 4.79 Å². The number of hydrogen-bond donors (Lipinski definition) is 1. The zero-order chi connectivity index (χ0) is 17.9. The lowest BCUT2D eigenvalue weighted by molar-refractivity contribution is -0.137. The largest absolute Gasteiger partial charge is 0.497 e. The van der Waals surface area contributed by atoms with Crippen LogP contribution < -0.4 is 10.5 Å². The van der Waals surface area contributed by atoms with Crippen LogP contribution in [0.5, 0.6) is 5.75 Å². The van der Waals surface area contributed by atoms with E-state index in [0.717, 1.165) is 31.9 Å². The van der Waals surface area contributed by atoms with Crippen molar-refractivity contribution < 1.29 is 9.53 Å². The predicted molar refractivity (Wildman–Crippen MR) is 111 cm³/mol. The van der Waals surface area contributed by atoms with Gasteiger partial charge in [-0.05, 0) is 30.0 Å². The fourth-order valence-corrected chi connectivity index (χ4v) is 3.01. The Bertz CT molecular complexity index is 570. The van der Waals surface area contributed by atoms with Gasteiger partial charge in [0.1, 0.15) is 5.75 Å². The Kier molecular flexibility index (Phi) is 9.95. The summed E-state index contributed by atoms with van der Waals surface area (Å²) < 4.78 is 5.31. The Balaban J connectivity index is 0.00000312. The molecule has 26 heavy (non-hydrogen) atoms. The molecule has 1 aliphatic rings. The summed E-state index contributed by atoms with van der Waals surface area (Å²) in [6.07, 6.45) is 0. The van der Waals surface area contributed by atoms with Gasteiger partial charge in [0.2, 0.25) is 5.91 Å². The minimum Gasteiger partial charge on any atom is -0.497 e. The molecule has 2 atom stereocenters. The van der Waals surface area contributed by atoms with Gasteiger partial charge in [-0.25, -0.2) is 0 Å². The van der Waals surface area contributed by atoms with Crippen LogP contribution in [0, 0.1) is 5.41 Å². The van der Waals surface area contributed by atoms with E-state index in [1.807, 2.05) is 37.8 Å². The van der Waals surface area contributed by atoms with Gasteiger partial charge in [0.05, 0.1) is 13.2 Å². The first-order chi connectivity index (χ1) is 11.2. The molecular formula is C19H33Cl2N3O2. The molecule has 1 heterocycles. The minimum absolute atomic E-state index is 0. The second-order valence-electron chi connectivity index (χ2n) is 7.66. The third-order valence-corrected chi connectivity index (χ3v) is 4.95. The van der Waals surface area contributed by atoms with Gasteiger partial charge in [-0.3, -0.25) is 9.69 Å². The summed E-state index contributed by atoms with van der Waals surface area (Å²) >= 11 is 0. The Morgan fingerprint density at radius 2 is 1.73 bits per heavy atom. The molecule has 0 bridgehead atoms. The van der Waals surface area contributed by atoms with E-state index in [1.165, 1.54) is 5.56 Å². The molecule has 1 saturated heterocycles. The van der Waals surface area contributed by atoms with Crippen molar-refractivity contribution in [3.63, 3.8) is 0 Å². The fraction of sp³-hybridized carbons (Fsp3) is 0.632. The summed E-state index contributed by atoms with van der Waals surface area (Å²) in [6.45, 7) is 11.4. The van der Waals surface area contributed by atoms with Gasteiger partial charge in [-0.2, -0.15) is 0 Å². The maximum Gasteiger partial charge on any atom is 0.240 e. The van der Waals surface area contributed by atoms with Crippen LogP contribution in [-0.4, -0.2) is 55.0 Å². The lowest BCUT2D eigenvalue weighted by Gasteiger charge is -2.40. The average molecular weight is 406 g/mol. The normalized spacial score (nSPS) is 17.5. The SMILES string of the molecule is COc1cccc(C(C)N2CCN(C(=O)[C@@H](N)C(C)(C)C)CC2)c1.Cl.Cl. The smallest absolute Gasteiger partial charge is 0.240 e. The Morgan fingerprint density at radius 3 is 2.23 bits per heavy atom. The fourth-order valence-electron chi connectivity index (χ4n) is 3.01. The molecule has 1 amide bonds. The number of nitrogens with zero attached hydrogens (tertiary/aromatic N) is 2. The van der Waals surface area contributed by atoms with E-state index in [-0.39, 0.29) is 36.1 Å². The van der Waals surface area contributed by atoms with Crippen molar-refractivity contribution in [1.82, 2.24) is 9.80 Å². The maximum atomic E-state index is 12.5. The lowest BCUT2D eigenvalue weighted by Crippen LogP contribution is -2.56. The molecular weight excluding hydrogens is 373 g/mol. The summed E-state index contributed by atoms with van der Waals surface area (Å²) in [6, 6.07) is 8.04. The topological polar surface area (TPSA) is 58.8 Å². The van der Waals surface area contributed by atoms with Crippen LogP contribution in [0.4, 0.5) is 0 Å². The molecule has 0 radical (unpaired) electrons. The van der Waals surface area contributed by atoms with E-state index < -0.39 is 6.04 Å². The van der Waals surface area contributed by atoms with Crippen molar-refractivity contribution in [2.24, 2.45) is 11.1 Å². The van der Waals surface area contributed by atoms with Crippen LogP contribution in [0.25, 0.3) is 0 Å². The predicted octanol–water partition coefficient (Wildman–Crippen LogP) is 3.12. The molecule has 150 valence electrons. The number of amides is 1. The van der Waals surface area contributed by atoms with Crippen LogP contribution in [0.1, 0.15) is 39.3 Å². The van der Waals surface area contributed by atoms with Crippen molar-refractivity contribution in [3.05, 3.63) is 29.8 Å². The zero-order valence-corrected chi connectivity index (χ0v) is 18.0. The van der Waals surface area contributed by atoms with Gasteiger partial charge in [-0.15, -0.1) is 24.8 Å². The summed E-state index contributed by atoms with van der Waals surface area (Å²) in [5.74, 6) is 0.945. The van der Waals surface area contributed by atoms with Gasteiger partial charge in [0.15, 0.2) is 0 Å². The molecule has 1 aromatic carbocycles. The number of ether oxygens (including phenoxy) is 1. The van der Waals surface area contributed by atoms with Crippen LogP contribution in [0.15, 0.2) is 24.3 Å². The molecule has 0 aromatic heterocycles. The highest BCUT2D eigenvalue weighted by Crippen LogP contribution is 2.25. The van der Waals surface area contributed by atoms with Gasteiger partial charge < -0.3 is 15.4 Å². The summed E-state index contributed by atoms with van der Waals surface area (Å²) in [4.78, 5) is 16.9. The number of benzene rings is 1. The van der Waals surface area contributed by atoms with E-state index >= 15 is 0 Å². The van der Waals surface area contributed by atoms with E-state index in [0.29, 0.717) is 6.04 Å². The van der Waals surface area contributed by atoms with Crippen molar-refractivity contribution >= 4 is 30.7 Å². The van der Waals surface area contributed by atoms with Gasteiger partial charge in [-0.1, -0.05) is 32.9 Å². The van der Waals surface area contributed by atoms with E-state index in [9.17, 15) is 4.79 Å². The Labute approximate surface area is 170 Å². The molecule has 0 spiro atoms. The second-order valence-corrected chi connectivity index (χ2v) is 7.66. The Hall–Kier alpha value is -1.01. The molecule has 5 nitrogen and oxygen atoms in total. The quantitative estimate of drug-likeness (QED) is 0.835.